The number of thiocarbonyl (C=S) groups is 1. The monoisotopic (exact) mass is 393 g/mol. The van der Waals surface area contributed by atoms with E-state index in [1.54, 1.807) is 23.1 Å². The Bertz CT molecular complexity index is 721. The fraction of sp³-hybridized carbons (Fsp3) is 0.421. The van der Waals surface area contributed by atoms with E-state index in [-0.39, 0.29) is 17.8 Å². The van der Waals surface area contributed by atoms with Crippen molar-refractivity contribution in [1.82, 2.24) is 15.1 Å². The molecular weight excluding hydrogens is 369 g/mol. The number of halogens is 1. The number of rotatable bonds is 2. The molecule has 1 aliphatic heterocycles. The highest BCUT2D eigenvalue weighted by molar-refractivity contribution is 7.80. The Morgan fingerprint density at radius 1 is 1.11 bits per heavy atom. The van der Waals surface area contributed by atoms with Crippen LogP contribution in [0.3, 0.4) is 0 Å². The van der Waals surface area contributed by atoms with E-state index in [4.69, 9.17) is 17.0 Å². The van der Waals surface area contributed by atoms with Gasteiger partial charge in [0.1, 0.15) is 11.4 Å². The van der Waals surface area contributed by atoms with Crippen LogP contribution in [-0.4, -0.2) is 58.7 Å². The predicted octanol–water partition coefficient (Wildman–Crippen LogP) is 2.79. The summed E-state index contributed by atoms with van der Waals surface area (Å²) >= 11 is 5.27. The Balaban J connectivity index is 1.79. The van der Waals surface area contributed by atoms with Gasteiger partial charge in [-0.1, -0.05) is 12.1 Å². The summed E-state index contributed by atoms with van der Waals surface area (Å²) in [4.78, 5) is 27.5. The molecule has 1 fully saturated rings. The molecule has 0 bridgehead atoms. The highest BCUT2D eigenvalue weighted by Gasteiger charge is 2.26. The van der Waals surface area contributed by atoms with Crippen LogP contribution in [-0.2, 0) is 9.53 Å². The first-order valence-corrected chi connectivity index (χ1v) is 9.06. The lowest BCUT2D eigenvalue weighted by Gasteiger charge is -2.36. The molecule has 146 valence electrons. The van der Waals surface area contributed by atoms with Crippen LogP contribution in [0.2, 0.25) is 0 Å². The van der Waals surface area contributed by atoms with Gasteiger partial charge in [-0.05, 0) is 56.8 Å². The fourth-order valence-corrected chi connectivity index (χ4v) is 2.67. The van der Waals surface area contributed by atoms with Crippen molar-refractivity contribution in [3.05, 3.63) is 41.7 Å². The summed E-state index contributed by atoms with van der Waals surface area (Å²) in [7, 11) is 0. The largest absolute Gasteiger partial charge is 0.444 e. The number of benzene rings is 1. The molecule has 0 atom stereocenters. The van der Waals surface area contributed by atoms with E-state index in [2.05, 4.69) is 5.32 Å². The molecule has 1 heterocycles. The van der Waals surface area contributed by atoms with Crippen LogP contribution in [0.25, 0.3) is 6.08 Å². The van der Waals surface area contributed by atoms with Crippen LogP contribution < -0.4 is 5.32 Å². The maximum Gasteiger partial charge on any atom is 0.410 e. The van der Waals surface area contributed by atoms with Gasteiger partial charge in [0.15, 0.2) is 5.11 Å². The predicted molar refractivity (Wildman–Crippen MR) is 106 cm³/mol. The van der Waals surface area contributed by atoms with Crippen molar-refractivity contribution in [3.63, 3.8) is 0 Å². The first-order chi connectivity index (χ1) is 12.6. The molecule has 1 aromatic rings. The second-order valence-corrected chi connectivity index (χ2v) is 7.52. The van der Waals surface area contributed by atoms with E-state index < -0.39 is 5.60 Å². The second kappa shape index (κ2) is 8.94. The molecule has 1 saturated heterocycles. The average Bonchev–Trinajstić information content (AvgIpc) is 2.60. The summed E-state index contributed by atoms with van der Waals surface area (Å²) in [5, 5.41) is 2.95. The molecule has 0 aliphatic carbocycles. The van der Waals surface area contributed by atoms with Crippen molar-refractivity contribution < 1.29 is 18.7 Å². The van der Waals surface area contributed by atoms with Crippen molar-refractivity contribution in [2.45, 2.75) is 26.4 Å². The molecule has 1 aromatic carbocycles. The van der Waals surface area contributed by atoms with E-state index >= 15 is 0 Å². The lowest BCUT2D eigenvalue weighted by atomic mass is 10.2. The van der Waals surface area contributed by atoms with E-state index in [1.807, 2.05) is 25.7 Å². The molecule has 0 aromatic heterocycles. The van der Waals surface area contributed by atoms with E-state index in [0.29, 0.717) is 36.9 Å². The molecule has 0 unspecified atom stereocenters. The number of hydrogen-bond acceptors (Lipinski definition) is 4. The molecule has 0 radical (unpaired) electrons. The summed E-state index contributed by atoms with van der Waals surface area (Å²) in [5.74, 6) is -0.692. The number of ether oxygens (including phenoxy) is 1. The Kier molecular flexibility index (Phi) is 6.90. The van der Waals surface area contributed by atoms with Gasteiger partial charge < -0.3 is 14.5 Å². The summed E-state index contributed by atoms with van der Waals surface area (Å²) in [5.41, 5.74) is 0.178. The zero-order valence-electron chi connectivity index (χ0n) is 15.7. The van der Waals surface area contributed by atoms with Crippen molar-refractivity contribution in [2.75, 3.05) is 26.2 Å². The van der Waals surface area contributed by atoms with Crippen LogP contribution in [0.15, 0.2) is 30.3 Å². The molecule has 6 nitrogen and oxygen atoms in total. The standard InChI is InChI=1S/C19H24FN3O3S/c1-19(2,3)26-18(25)23-12-10-22(11-13-23)17(27)21-16(24)9-6-14-4-7-15(20)8-5-14/h4-9H,10-13H2,1-3H3,(H,21,24,27)/b9-6+. The van der Waals surface area contributed by atoms with Gasteiger partial charge >= 0.3 is 6.09 Å². The number of nitrogens with zero attached hydrogens (tertiary/aromatic N) is 2. The zero-order chi connectivity index (χ0) is 20.0. The van der Waals surface area contributed by atoms with Crippen LogP contribution in [0.4, 0.5) is 9.18 Å². The Hall–Kier alpha value is -2.48. The van der Waals surface area contributed by atoms with Gasteiger partial charge in [0, 0.05) is 32.3 Å². The lowest BCUT2D eigenvalue weighted by molar-refractivity contribution is -0.115. The summed E-state index contributed by atoms with van der Waals surface area (Å²) in [6.07, 6.45) is 2.58. The Labute approximate surface area is 164 Å². The van der Waals surface area contributed by atoms with Crippen LogP contribution in [0.1, 0.15) is 26.3 Å². The maximum absolute atomic E-state index is 12.9. The van der Waals surface area contributed by atoms with Crippen molar-refractivity contribution >= 4 is 35.4 Å². The van der Waals surface area contributed by atoms with Gasteiger partial charge in [-0.25, -0.2) is 9.18 Å². The highest BCUT2D eigenvalue weighted by Crippen LogP contribution is 2.12. The molecular formula is C19H24FN3O3S. The lowest BCUT2D eigenvalue weighted by Crippen LogP contribution is -2.54. The van der Waals surface area contributed by atoms with E-state index in [0.717, 1.165) is 0 Å². The SMILES string of the molecule is CC(C)(C)OC(=O)N1CCN(C(=S)NC(=O)/C=C/c2ccc(F)cc2)CC1. The van der Waals surface area contributed by atoms with E-state index in [1.165, 1.54) is 18.2 Å². The average molecular weight is 393 g/mol. The normalized spacial score (nSPS) is 15.0. The van der Waals surface area contributed by atoms with Crippen LogP contribution in [0, 0.1) is 5.82 Å². The molecule has 2 amide bonds. The van der Waals surface area contributed by atoms with Crippen LogP contribution in [0.5, 0.6) is 0 Å². The number of piperazine rings is 1. The summed E-state index contributed by atoms with van der Waals surface area (Å²) in [6, 6.07) is 5.80. The third kappa shape index (κ3) is 6.97. The Morgan fingerprint density at radius 2 is 1.67 bits per heavy atom. The topological polar surface area (TPSA) is 61.9 Å². The van der Waals surface area contributed by atoms with Gasteiger partial charge in [0.2, 0.25) is 5.91 Å². The fourth-order valence-electron chi connectivity index (χ4n) is 2.39. The van der Waals surface area contributed by atoms with Crippen LogP contribution >= 0.6 is 12.2 Å². The van der Waals surface area contributed by atoms with Gasteiger partial charge in [-0.2, -0.15) is 0 Å². The second-order valence-electron chi connectivity index (χ2n) is 7.13. The number of amides is 2. The molecule has 8 heteroatoms. The minimum absolute atomic E-state index is 0.313. The first-order valence-electron chi connectivity index (χ1n) is 8.65. The number of hydrogen-bond donors (Lipinski definition) is 1. The quantitative estimate of drug-likeness (QED) is 0.618. The first kappa shape index (κ1) is 20.8. The van der Waals surface area contributed by atoms with Gasteiger partial charge in [-0.3, -0.25) is 10.1 Å². The minimum Gasteiger partial charge on any atom is -0.444 e. The number of carbonyl (C=O) groups excluding carboxylic acids is 2. The molecule has 2 rings (SSSR count). The van der Waals surface area contributed by atoms with Gasteiger partial charge in [0.05, 0.1) is 0 Å². The highest BCUT2D eigenvalue weighted by atomic mass is 32.1. The van der Waals surface area contributed by atoms with Crippen molar-refractivity contribution in [2.24, 2.45) is 0 Å². The molecule has 1 aliphatic rings. The van der Waals surface area contributed by atoms with Crippen molar-refractivity contribution in [1.29, 1.82) is 0 Å². The third-order valence-electron chi connectivity index (χ3n) is 3.75. The van der Waals surface area contributed by atoms with Gasteiger partial charge in [0.25, 0.3) is 0 Å². The van der Waals surface area contributed by atoms with Gasteiger partial charge in [-0.15, -0.1) is 0 Å². The summed E-state index contributed by atoms with van der Waals surface area (Å²) < 4.78 is 18.2. The molecule has 1 N–H and O–H groups in total. The molecule has 0 spiro atoms. The maximum atomic E-state index is 12.9. The van der Waals surface area contributed by atoms with E-state index in [9.17, 15) is 14.0 Å². The molecule has 27 heavy (non-hydrogen) atoms. The summed E-state index contributed by atoms with van der Waals surface area (Å²) in [6.45, 7) is 7.44. The molecule has 0 saturated carbocycles. The third-order valence-corrected chi connectivity index (χ3v) is 4.11. The number of nitrogens with one attached hydrogen (secondary N) is 1. The smallest absolute Gasteiger partial charge is 0.410 e. The zero-order valence-corrected chi connectivity index (χ0v) is 16.5. The Morgan fingerprint density at radius 3 is 2.22 bits per heavy atom. The number of carbonyl (C=O) groups is 2. The minimum atomic E-state index is -0.533. The van der Waals surface area contributed by atoms with Crippen molar-refractivity contribution in [3.8, 4) is 0 Å².